The summed E-state index contributed by atoms with van der Waals surface area (Å²) in [6, 6.07) is 8.05. The Labute approximate surface area is 166 Å². The van der Waals surface area contributed by atoms with Crippen LogP contribution in [0.5, 0.6) is 0 Å². The molecule has 4 rings (SSSR count). The lowest BCUT2D eigenvalue weighted by molar-refractivity contribution is -0.131. The van der Waals surface area contributed by atoms with Crippen LogP contribution in [0, 0.1) is 0 Å². The second-order valence-corrected chi connectivity index (χ2v) is 7.97. The monoisotopic (exact) mass is 383 g/mol. The third-order valence-corrected chi connectivity index (χ3v) is 5.91. The Morgan fingerprint density at radius 3 is 3.00 bits per heavy atom. The minimum Gasteiger partial charge on any atom is -0.370 e. The van der Waals surface area contributed by atoms with Crippen LogP contribution < -0.4 is 15.5 Å². The van der Waals surface area contributed by atoms with Crippen LogP contribution in [-0.4, -0.2) is 44.3 Å². The number of ether oxygens (including phenoxy) is 1. The first kappa shape index (κ1) is 19.0. The van der Waals surface area contributed by atoms with Gasteiger partial charge < -0.3 is 15.4 Å². The van der Waals surface area contributed by atoms with Crippen molar-refractivity contribution in [1.29, 1.82) is 0 Å². The van der Waals surface area contributed by atoms with Gasteiger partial charge >= 0.3 is 6.03 Å². The number of rotatable bonds is 5. The Morgan fingerprint density at radius 1 is 1.29 bits per heavy atom. The van der Waals surface area contributed by atoms with Gasteiger partial charge in [0.05, 0.1) is 12.6 Å². The molecule has 6 heteroatoms. The lowest BCUT2D eigenvalue weighted by Crippen LogP contribution is -2.46. The van der Waals surface area contributed by atoms with Crippen molar-refractivity contribution in [3.8, 4) is 0 Å². The quantitative estimate of drug-likeness (QED) is 0.768. The molecule has 1 saturated heterocycles. The normalized spacial score (nSPS) is 24.4. The van der Waals surface area contributed by atoms with Crippen LogP contribution in [0.15, 0.2) is 35.9 Å². The van der Waals surface area contributed by atoms with Gasteiger partial charge in [-0.05, 0) is 50.2 Å². The molecular weight excluding hydrogens is 354 g/mol. The van der Waals surface area contributed by atoms with Crippen molar-refractivity contribution in [2.75, 3.05) is 31.2 Å². The van der Waals surface area contributed by atoms with Crippen LogP contribution in [0.3, 0.4) is 0 Å². The first-order valence-electron chi connectivity index (χ1n) is 10.4. The van der Waals surface area contributed by atoms with Crippen molar-refractivity contribution in [3.63, 3.8) is 0 Å². The average Bonchev–Trinajstić information content (AvgIpc) is 3.07. The van der Waals surface area contributed by atoms with Gasteiger partial charge in [0.15, 0.2) is 0 Å². The van der Waals surface area contributed by atoms with Crippen LogP contribution in [0.1, 0.15) is 50.0 Å². The van der Waals surface area contributed by atoms with E-state index in [-0.39, 0.29) is 30.5 Å². The van der Waals surface area contributed by atoms with Crippen LogP contribution in [0.25, 0.3) is 0 Å². The molecule has 0 bridgehead atoms. The number of benzene rings is 1. The molecule has 28 heavy (non-hydrogen) atoms. The number of anilines is 1. The first-order valence-corrected chi connectivity index (χ1v) is 10.4. The number of fused-ring (bicyclic) bond motifs is 1. The van der Waals surface area contributed by atoms with Crippen LogP contribution in [-0.2, 0) is 9.53 Å². The highest BCUT2D eigenvalue weighted by atomic mass is 16.5. The minimum absolute atomic E-state index is 0.000515. The summed E-state index contributed by atoms with van der Waals surface area (Å²) in [6.07, 6.45) is 8.94. The summed E-state index contributed by atoms with van der Waals surface area (Å²) in [5.41, 5.74) is 3.62. The number of para-hydroxylation sites is 1. The van der Waals surface area contributed by atoms with Crippen molar-refractivity contribution in [1.82, 2.24) is 10.6 Å². The molecule has 0 saturated carbocycles. The van der Waals surface area contributed by atoms with Crippen LogP contribution in [0.4, 0.5) is 10.5 Å². The summed E-state index contributed by atoms with van der Waals surface area (Å²) in [5.74, 6) is 0.143. The maximum atomic E-state index is 12.8. The molecular formula is C22H29N3O3. The molecule has 2 unspecified atom stereocenters. The summed E-state index contributed by atoms with van der Waals surface area (Å²) in [6.45, 7) is 2.00. The molecule has 1 fully saturated rings. The van der Waals surface area contributed by atoms with E-state index in [0.717, 1.165) is 18.5 Å². The predicted octanol–water partition coefficient (Wildman–Crippen LogP) is 3.10. The number of hydrogen-bond donors (Lipinski definition) is 2. The fraction of sp³-hybridized carbons (Fsp3) is 0.545. The van der Waals surface area contributed by atoms with Gasteiger partial charge in [0, 0.05) is 24.7 Å². The molecule has 1 aromatic rings. The number of carbonyl (C=O) groups excluding carboxylic acids is 2. The predicted molar refractivity (Wildman–Crippen MR) is 108 cm³/mol. The number of nitrogens with zero attached hydrogens (tertiary/aromatic N) is 1. The molecule has 0 radical (unpaired) electrons. The van der Waals surface area contributed by atoms with Gasteiger partial charge in [-0.1, -0.05) is 29.8 Å². The lowest BCUT2D eigenvalue weighted by atomic mass is 9.94. The van der Waals surface area contributed by atoms with Gasteiger partial charge in [-0.3, -0.25) is 9.69 Å². The number of carbonyl (C=O) groups is 2. The van der Waals surface area contributed by atoms with Crippen molar-refractivity contribution < 1.29 is 14.3 Å². The van der Waals surface area contributed by atoms with E-state index in [2.05, 4.69) is 22.8 Å². The summed E-state index contributed by atoms with van der Waals surface area (Å²) >= 11 is 0. The molecule has 150 valence electrons. The molecule has 2 aliphatic heterocycles. The zero-order valence-corrected chi connectivity index (χ0v) is 16.3. The fourth-order valence-corrected chi connectivity index (χ4v) is 4.52. The largest absolute Gasteiger partial charge is 0.370 e. The zero-order valence-electron chi connectivity index (χ0n) is 16.3. The first-order chi connectivity index (χ1) is 13.7. The number of allylic oxidation sites excluding steroid dienone is 1. The lowest BCUT2D eigenvalue weighted by Gasteiger charge is -2.26. The van der Waals surface area contributed by atoms with Gasteiger partial charge in [-0.2, -0.15) is 0 Å². The number of morpholine rings is 1. The van der Waals surface area contributed by atoms with Crippen molar-refractivity contribution >= 4 is 17.6 Å². The van der Waals surface area contributed by atoms with E-state index in [1.54, 1.807) is 0 Å². The molecule has 0 spiro atoms. The highest BCUT2D eigenvalue weighted by Crippen LogP contribution is 2.38. The third-order valence-electron chi connectivity index (χ3n) is 5.91. The summed E-state index contributed by atoms with van der Waals surface area (Å²) in [7, 11) is 0. The van der Waals surface area contributed by atoms with Gasteiger partial charge in [0.1, 0.15) is 6.61 Å². The Morgan fingerprint density at radius 2 is 2.18 bits per heavy atom. The second kappa shape index (κ2) is 8.78. The Hall–Kier alpha value is -2.34. The van der Waals surface area contributed by atoms with E-state index in [9.17, 15) is 9.59 Å². The Balaban J connectivity index is 1.36. The van der Waals surface area contributed by atoms with E-state index < -0.39 is 0 Å². The topological polar surface area (TPSA) is 70.7 Å². The average molecular weight is 383 g/mol. The van der Waals surface area contributed by atoms with Crippen molar-refractivity contribution in [3.05, 3.63) is 41.5 Å². The van der Waals surface area contributed by atoms with E-state index in [1.807, 2.05) is 23.1 Å². The zero-order chi connectivity index (χ0) is 19.3. The molecule has 2 heterocycles. The maximum absolute atomic E-state index is 12.8. The summed E-state index contributed by atoms with van der Waals surface area (Å²) in [5, 5.41) is 6.10. The molecule has 0 aromatic heterocycles. The number of hydrogen-bond acceptors (Lipinski definition) is 3. The molecule has 6 nitrogen and oxygen atoms in total. The molecule has 2 atom stereocenters. The molecule has 3 aliphatic rings. The van der Waals surface area contributed by atoms with E-state index in [4.69, 9.17) is 4.74 Å². The highest BCUT2D eigenvalue weighted by molar-refractivity contribution is 5.94. The Kier molecular flexibility index (Phi) is 5.95. The van der Waals surface area contributed by atoms with Crippen molar-refractivity contribution in [2.24, 2.45) is 0 Å². The van der Waals surface area contributed by atoms with E-state index >= 15 is 0 Å². The number of nitrogens with one attached hydrogen (secondary N) is 2. The fourth-order valence-electron chi connectivity index (χ4n) is 4.52. The molecule has 1 aromatic carbocycles. The summed E-state index contributed by atoms with van der Waals surface area (Å²) in [4.78, 5) is 26.3. The number of urea groups is 1. The summed E-state index contributed by atoms with van der Waals surface area (Å²) < 4.78 is 5.37. The van der Waals surface area contributed by atoms with Gasteiger partial charge in [0.25, 0.3) is 0 Å². The molecule has 3 amide bonds. The number of amides is 3. The van der Waals surface area contributed by atoms with E-state index in [0.29, 0.717) is 19.7 Å². The van der Waals surface area contributed by atoms with Crippen LogP contribution >= 0.6 is 0 Å². The van der Waals surface area contributed by atoms with Gasteiger partial charge in [-0.15, -0.1) is 0 Å². The second-order valence-electron chi connectivity index (χ2n) is 7.97. The smallest absolute Gasteiger partial charge is 0.321 e. The minimum atomic E-state index is -0.0610. The molecule has 2 N–H and O–H groups in total. The third kappa shape index (κ3) is 4.38. The maximum Gasteiger partial charge on any atom is 0.321 e. The highest BCUT2D eigenvalue weighted by Gasteiger charge is 2.34. The van der Waals surface area contributed by atoms with Gasteiger partial charge in [0.2, 0.25) is 5.91 Å². The van der Waals surface area contributed by atoms with Crippen molar-refractivity contribution in [2.45, 2.75) is 50.5 Å². The molecule has 1 aliphatic carbocycles. The van der Waals surface area contributed by atoms with Crippen LogP contribution in [0.2, 0.25) is 0 Å². The Bertz CT molecular complexity index is 761. The standard InChI is InChI=1S/C22H29N3O3/c26-21-15-28-14-18(24-21)12-17-13-25(20-9-5-4-8-19(17)20)22(27)23-11-10-16-6-2-1-3-7-16/h4-6,8-9,17-18H,1-3,7,10-15H2,(H,23,27)(H,24,26). The van der Waals surface area contributed by atoms with E-state index in [1.165, 1.54) is 36.8 Å². The SMILES string of the molecule is O=C1COCC(CC2CN(C(=O)NCCC3=CCCCC3)c3ccccc32)N1. The van der Waals surface area contributed by atoms with Gasteiger partial charge in [-0.25, -0.2) is 4.79 Å².